The average Bonchev–Trinajstić information content (AvgIpc) is 2.47. The maximum Gasteiger partial charge on any atom is 0.322 e. The van der Waals surface area contributed by atoms with E-state index in [0.717, 1.165) is 29.5 Å². The molecule has 1 aliphatic rings. The van der Waals surface area contributed by atoms with E-state index in [0.29, 0.717) is 0 Å². The van der Waals surface area contributed by atoms with Crippen LogP contribution >= 0.6 is 0 Å². The van der Waals surface area contributed by atoms with Crippen LogP contribution in [0.3, 0.4) is 0 Å². The lowest BCUT2D eigenvalue weighted by molar-refractivity contribution is 0.143. The molecule has 110 valence electrons. The molecular formula is C17H21N3O. The largest absolute Gasteiger partial charge is 0.322 e. The Morgan fingerprint density at radius 1 is 1.10 bits per heavy atom. The SMILES string of the molecule is CC1CNCC(C)N1C(=O)Nc1cccc2ccccc12. The molecule has 2 aromatic rings. The molecule has 2 N–H and O–H groups in total. The zero-order valence-corrected chi connectivity index (χ0v) is 12.5. The highest BCUT2D eigenvalue weighted by molar-refractivity contribution is 6.01. The third-order valence-electron chi connectivity index (χ3n) is 4.09. The van der Waals surface area contributed by atoms with Crippen molar-refractivity contribution in [3.8, 4) is 0 Å². The summed E-state index contributed by atoms with van der Waals surface area (Å²) in [6.45, 7) is 5.83. The van der Waals surface area contributed by atoms with Crippen LogP contribution in [0, 0.1) is 0 Å². The third kappa shape index (κ3) is 2.72. The van der Waals surface area contributed by atoms with Crippen molar-refractivity contribution in [3.05, 3.63) is 42.5 Å². The molecule has 0 aliphatic carbocycles. The molecule has 1 heterocycles. The fourth-order valence-electron chi connectivity index (χ4n) is 3.05. The van der Waals surface area contributed by atoms with E-state index in [-0.39, 0.29) is 18.1 Å². The maximum atomic E-state index is 12.6. The van der Waals surface area contributed by atoms with E-state index in [1.165, 1.54) is 0 Å². The number of carbonyl (C=O) groups is 1. The van der Waals surface area contributed by atoms with Crippen molar-refractivity contribution in [1.82, 2.24) is 10.2 Å². The molecule has 0 radical (unpaired) electrons. The van der Waals surface area contributed by atoms with Gasteiger partial charge in [-0.2, -0.15) is 0 Å². The van der Waals surface area contributed by atoms with Gasteiger partial charge in [-0.15, -0.1) is 0 Å². The highest BCUT2D eigenvalue weighted by atomic mass is 16.2. The van der Waals surface area contributed by atoms with Crippen molar-refractivity contribution in [3.63, 3.8) is 0 Å². The molecule has 2 unspecified atom stereocenters. The lowest BCUT2D eigenvalue weighted by Gasteiger charge is -2.39. The van der Waals surface area contributed by atoms with Crippen LogP contribution in [0.5, 0.6) is 0 Å². The zero-order chi connectivity index (χ0) is 14.8. The Kier molecular flexibility index (Phi) is 3.80. The molecule has 0 spiro atoms. The smallest absolute Gasteiger partial charge is 0.317 e. The van der Waals surface area contributed by atoms with Gasteiger partial charge < -0.3 is 15.5 Å². The van der Waals surface area contributed by atoms with Crippen LogP contribution in [0.25, 0.3) is 10.8 Å². The molecule has 2 atom stereocenters. The lowest BCUT2D eigenvalue weighted by atomic mass is 10.1. The summed E-state index contributed by atoms with van der Waals surface area (Å²) in [6, 6.07) is 14.5. The Morgan fingerprint density at radius 3 is 2.52 bits per heavy atom. The third-order valence-corrected chi connectivity index (χ3v) is 4.09. The summed E-state index contributed by atoms with van der Waals surface area (Å²) in [5.41, 5.74) is 0.871. The van der Waals surface area contributed by atoms with Crippen molar-refractivity contribution >= 4 is 22.5 Å². The first kappa shape index (κ1) is 13.9. The monoisotopic (exact) mass is 283 g/mol. The Hall–Kier alpha value is -2.07. The van der Waals surface area contributed by atoms with Crippen LogP contribution in [-0.2, 0) is 0 Å². The molecule has 4 nitrogen and oxygen atoms in total. The van der Waals surface area contributed by atoms with Crippen LogP contribution in [0.4, 0.5) is 10.5 Å². The van der Waals surface area contributed by atoms with Crippen LogP contribution in [0.15, 0.2) is 42.5 Å². The maximum absolute atomic E-state index is 12.6. The van der Waals surface area contributed by atoms with Gasteiger partial charge >= 0.3 is 6.03 Å². The van der Waals surface area contributed by atoms with Gasteiger partial charge in [0.2, 0.25) is 0 Å². The van der Waals surface area contributed by atoms with E-state index in [9.17, 15) is 4.79 Å². The predicted molar refractivity (Wildman–Crippen MR) is 86.6 cm³/mol. The summed E-state index contributed by atoms with van der Waals surface area (Å²) >= 11 is 0. The van der Waals surface area contributed by atoms with Gasteiger partial charge in [0.1, 0.15) is 0 Å². The molecule has 0 saturated carbocycles. The number of urea groups is 1. The minimum Gasteiger partial charge on any atom is -0.317 e. The van der Waals surface area contributed by atoms with Crippen molar-refractivity contribution in [2.45, 2.75) is 25.9 Å². The number of nitrogens with one attached hydrogen (secondary N) is 2. The van der Waals surface area contributed by atoms with Crippen LogP contribution in [0.1, 0.15) is 13.8 Å². The average molecular weight is 283 g/mol. The molecule has 4 heteroatoms. The van der Waals surface area contributed by atoms with E-state index in [1.54, 1.807) is 0 Å². The molecule has 0 bridgehead atoms. The Morgan fingerprint density at radius 2 is 1.76 bits per heavy atom. The molecule has 2 aromatic carbocycles. The number of hydrogen-bond donors (Lipinski definition) is 2. The lowest BCUT2D eigenvalue weighted by Crippen LogP contribution is -2.58. The van der Waals surface area contributed by atoms with Gasteiger partial charge in [-0.1, -0.05) is 36.4 Å². The number of carbonyl (C=O) groups excluding carboxylic acids is 1. The minimum atomic E-state index is -0.0205. The van der Waals surface area contributed by atoms with Crippen molar-refractivity contribution in [2.24, 2.45) is 0 Å². The first-order valence-electron chi connectivity index (χ1n) is 7.44. The second-order valence-corrected chi connectivity index (χ2v) is 5.72. The summed E-state index contributed by atoms with van der Waals surface area (Å²) in [6.07, 6.45) is 0. The summed E-state index contributed by atoms with van der Waals surface area (Å²) in [7, 11) is 0. The molecule has 2 amide bonds. The predicted octanol–water partition coefficient (Wildman–Crippen LogP) is 3.05. The minimum absolute atomic E-state index is 0.0205. The summed E-state index contributed by atoms with van der Waals surface area (Å²) in [5, 5.41) is 8.62. The van der Waals surface area contributed by atoms with Crippen molar-refractivity contribution in [1.29, 1.82) is 0 Å². The molecular weight excluding hydrogens is 262 g/mol. The molecule has 21 heavy (non-hydrogen) atoms. The second kappa shape index (κ2) is 5.74. The highest BCUT2D eigenvalue weighted by Crippen LogP contribution is 2.24. The zero-order valence-electron chi connectivity index (χ0n) is 12.5. The highest BCUT2D eigenvalue weighted by Gasteiger charge is 2.28. The quantitative estimate of drug-likeness (QED) is 0.845. The number of amides is 2. The molecule has 0 aromatic heterocycles. The normalized spacial score (nSPS) is 22.3. The topological polar surface area (TPSA) is 44.4 Å². The van der Waals surface area contributed by atoms with E-state index >= 15 is 0 Å². The van der Waals surface area contributed by atoms with Gasteiger partial charge in [0, 0.05) is 30.6 Å². The fraction of sp³-hybridized carbons (Fsp3) is 0.353. The number of hydrogen-bond acceptors (Lipinski definition) is 2. The molecule has 1 fully saturated rings. The number of rotatable bonds is 1. The number of fused-ring (bicyclic) bond motifs is 1. The number of anilines is 1. The van der Waals surface area contributed by atoms with E-state index < -0.39 is 0 Å². The van der Waals surface area contributed by atoms with Crippen molar-refractivity contribution in [2.75, 3.05) is 18.4 Å². The Balaban J connectivity index is 1.86. The Bertz CT molecular complexity index is 640. The first-order valence-corrected chi connectivity index (χ1v) is 7.44. The number of nitrogens with zero attached hydrogens (tertiary/aromatic N) is 1. The van der Waals surface area contributed by atoms with Gasteiger partial charge in [0.05, 0.1) is 5.69 Å². The van der Waals surface area contributed by atoms with Gasteiger partial charge in [-0.3, -0.25) is 0 Å². The van der Waals surface area contributed by atoms with E-state index in [4.69, 9.17) is 0 Å². The first-order chi connectivity index (χ1) is 10.2. The van der Waals surface area contributed by atoms with Gasteiger partial charge in [-0.05, 0) is 25.3 Å². The summed E-state index contributed by atoms with van der Waals surface area (Å²) in [4.78, 5) is 14.5. The van der Waals surface area contributed by atoms with E-state index in [1.807, 2.05) is 35.2 Å². The van der Waals surface area contributed by atoms with Crippen molar-refractivity contribution < 1.29 is 4.79 Å². The number of benzene rings is 2. The number of piperazine rings is 1. The fourth-order valence-corrected chi connectivity index (χ4v) is 3.05. The molecule has 1 aliphatic heterocycles. The molecule has 3 rings (SSSR count). The van der Waals surface area contributed by atoms with Crippen LogP contribution < -0.4 is 10.6 Å². The molecule has 1 saturated heterocycles. The van der Waals surface area contributed by atoms with E-state index in [2.05, 4.69) is 36.6 Å². The second-order valence-electron chi connectivity index (χ2n) is 5.72. The summed E-state index contributed by atoms with van der Waals surface area (Å²) in [5.74, 6) is 0. The Labute approximate surface area is 125 Å². The van der Waals surface area contributed by atoms with Gasteiger partial charge in [-0.25, -0.2) is 4.79 Å². The van der Waals surface area contributed by atoms with Crippen LogP contribution in [0.2, 0.25) is 0 Å². The van der Waals surface area contributed by atoms with Crippen LogP contribution in [-0.4, -0.2) is 36.1 Å². The van der Waals surface area contributed by atoms with Gasteiger partial charge in [0.15, 0.2) is 0 Å². The summed E-state index contributed by atoms with van der Waals surface area (Å²) < 4.78 is 0. The van der Waals surface area contributed by atoms with Gasteiger partial charge in [0.25, 0.3) is 0 Å². The standard InChI is InChI=1S/C17H21N3O/c1-12-10-18-11-13(2)20(12)17(21)19-16-9-5-7-14-6-3-4-8-15(14)16/h3-9,12-13,18H,10-11H2,1-2H3,(H,19,21).